The molecular formula is C14H19NO4. The minimum Gasteiger partial charge on any atom is -0.478 e. The lowest BCUT2D eigenvalue weighted by atomic mass is 10.1. The number of rotatable bonds is 8. The highest BCUT2D eigenvalue weighted by Gasteiger charge is 2.07. The van der Waals surface area contributed by atoms with Gasteiger partial charge in [0.2, 0.25) is 0 Å². The fourth-order valence-electron chi connectivity index (χ4n) is 1.80. The normalized spacial score (nSPS) is 11.3. The van der Waals surface area contributed by atoms with Crippen molar-refractivity contribution in [2.45, 2.75) is 6.54 Å². The molecule has 0 spiro atoms. The first-order valence-electron chi connectivity index (χ1n) is 6.10. The molecule has 19 heavy (non-hydrogen) atoms. The van der Waals surface area contributed by atoms with Crippen LogP contribution in [0.3, 0.4) is 0 Å². The molecule has 0 radical (unpaired) electrons. The number of nitrogens with zero attached hydrogens (tertiary/aromatic N) is 1. The molecule has 0 atom stereocenters. The number of aliphatic hydroxyl groups is 2. The van der Waals surface area contributed by atoms with Gasteiger partial charge in [0.05, 0.1) is 13.2 Å². The molecule has 0 aromatic heterocycles. The minimum atomic E-state index is -0.989. The minimum absolute atomic E-state index is 0.0210. The van der Waals surface area contributed by atoms with E-state index < -0.39 is 5.97 Å². The van der Waals surface area contributed by atoms with Crippen LogP contribution in [-0.2, 0) is 11.3 Å². The van der Waals surface area contributed by atoms with E-state index in [1.807, 2.05) is 29.2 Å². The second-order valence-electron chi connectivity index (χ2n) is 4.09. The fraction of sp³-hybridized carbons (Fsp3) is 0.357. The lowest BCUT2D eigenvalue weighted by Crippen LogP contribution is -2.29. The van der Waals surface area contributed by atoms with Crippen molar-refractivity contribution >= 4 is 12.0 Å². The Morgan fingerprint density at radius 2 is 1.79 bits per heavy atom. The number of carbonyl (C=O) groups is 1. The first kappa shape index (κ1) is 15.4. The maximum Gasteiger partial charge on any atom is 0.328 e. The Balaban J connectivity index is 2.83. The van der Waals surface area contributed by atoms with Gasteiger partial charge < -0.3 is 15.3 Å². The van der Waals surface area contributed by atoms with E-state index in [-0.39, 0.29) is 13.2 Å². The fourth-order valence-corrected chi connectivity index (χ4v) is 1.80. The highest BCUT2D eigenvalue weighted by molar-refractivity contribution is 5.85. The summed E-state index contributed by atoms with van der Waals surface area (Å²) in [5.74, 6) is -0.989. The van der Waals surface area contributed by atoms with Gasteiger partial charge >= 0.3 is 5.97 Å². The summed E-state index contributed by atoms with van der Waals surface area (Å²) >= 11 is 0. The van der Waals surface area contributed by atoms with Gasteiger partial charge in [-0.05, 0) is 17.2 Å². The maximum atomic E-state index is 10.5. The van der Waals surface area contributed by atoms with Crippen molar-refractivity contribution in [3.05, 3.63) is 41.5 Å². The van der Waals surface area contributed by atoms with E-state index in [9.17, 15) is 4.79 Å². The Labute approximate surface area is 112 Å². The number of hydrogen-bond donors (Lipinski definition) is 3. The van der Waals surface area contributed by atoms with Gasteiger partial charge in [-0.1, -0.05) is 24.3 Å². The molecule has 0 bridgehead atoms. The highest BCUT2D eigenvalue weighted by Crippen LogP contribution is 2.13. The quantitative estimate of drug-likeness (QED) is 0.599. The van der Waals surface area contributed by atoms with Gasteiger partial charge in [-0.15, -0.1) is 0 Å². The molecule has 0 aliphatic carbocycles. The van der Waals surface area contributed by atoms with Crippen molar-refractivity contribution in [1.82, 2.24) is 4.90 Å². The zero-order valence-corrected chi connectivity index (χ0v) is 10.7. The van der Waals surface area contributed by atoms with Crippen molar-refractivity contribution in [2.75, 3.05) is 26.3 Å². The summed E-state index contributed by atoms with van der Waals surface area (Å²) in [5.41, 5.74) is 1.78. The van der Waals surface area contributed by atoms with Crippen LogP contribution >= 0.6 is 0 Å². The van der Waals surface area contributed by atoms with Crippen LogP contribution in [0.4, 0.5) is 0 Å². The van der Waals surface area contributed by atoms with Crippen LogP contribution in [0.15, 0.2) is 30.3 Å². The van der Waals surface area contributed by atoms with Gasteiger partial charge in [0.1, 0.15) is 0 Å². The third-order valence-electron chi connectivity index (χ3n) is 2.69. The molecule has 0 heterocycles. The summed E-state index contributed by atoms with van der Waals surface area (Å²) in [5, 5.41) is 26.6. The van der Waals surface area contributed by atoms with E-state index in [1.165, 1.54) is 0 Å². The average molecular weight is 265 g/mol. The van der Waals surface area contributed by atoms with Crippen LogP contribution < -0.4 is 0 Å². The molecule has 0 fully saturated rings. The number of carboxylic acid groups (broad SMARTS) is 1. The average Bonchev–Trinajstić information content (AvgIpc) is 2.38. The van der Waals surface area contributed by atoms with Crippen molar-refractivity contribution in [3.8, 4) is 0 Å². The molecule has 104 valence electrons. The molecule has 0 saturated heterocycles. The zero-order valence-electron chi connectivity index (χ0n) is 10.7. The summed E-state index contributed by atoms with van der Waals surface area (Å²) in [7, 11) is 0. The van der Waals surface area contributed by atoms with Crippen LogP contribution in [-0.4, -0.2) is 52.5 Å². The Kier molecular flexibility index (Phi) is 6.81. The lowest BCUT2D eigenvalue weighted by molar-refractivity contribution is -0.131. The molecule has 1 aromatic rings. The standard InChI is InChI=1S/C14H19NO4/c16-9-7-15(8-10-17)11-13-4-2-1-3-12(13)5-6-14(18)19/h1-6,16-17H,7-11H2,(H,18,19)/b6-5+. The number of aliphatic carboxylic acids is 1. The summed E-state index contributed by atoms with van der Waals surface area (Å²) in [6, 6.07) is 7.46. The Bertz CT molecular complexity index is 425. The smallest absolute Gasteiger partial charge is 0.328 e. The largest absolute Gasteiger partial charge is 0.478 e. The van der Waals surface area contributed by atoms with Crippen molar-refractivity contribution in [1.29, 1.82) is 0 Å². The predicted molar refractivity (Wildman–Crippen MR) is 72.6 cm³/mol. The summed E-state index contributed by atoms with van der Waals surface area (Å²) in [4.78, 5) is 12.5. The van der Waals surface area contributed by atoms with Crippen LogP contribution in [0.25, 0.3) is 6.08 Å². The maximum absolute atomic E-state index is 10.5. The third kappa shape index (κ3) is 5.65. The van der Waals surface area contributed by atoms with E-state index >= 15 is 0 Å². The molecule has 1 rings (SSSR count). The van der Waals surface area contributed by atoms with Crippen LogP contribution in [0, 0.1) is 0 Å². The van der Waals surface area contributed by atoms with Crippen molar-refractivity contribution in [3.63, 3.8) is 0 Å². The zero-order chi connectivity index (χ0) is 14.1. The van der Waals surface area contributed by atoms with Gasteiger partial charge in [0.25, 0.3) is 0 Å². The molecule has 0 aliphatic rings. The summed E-state index contributed by atoms with van der Waals surface area (Å²) in [6.07, 6.45) is 2.65. The van der Waals surface area contributed by atoms with Gasteiger partial charge in [-0.2, -0.15) is 0 Å². The van der Waals surface area contributed by atoms with Crippen LogP contribution in [0.2, 0.25) is 0 Å². The van der Waals surface area contributed by atoms with Gasteiger partial charge in [-0.25, -0.2) is 4.79 Å². The molecule has 0 amide bonds. The van der Waals surface area contributed by atoms with Crippen molar-refractivity contribution in [2.24, 2.45) is 0 Å². The second-order valence-corrected chi connectivity index (χ2v) is 4.09. The van der Waals surface area contributed by atoms with Crippen molar-refractivity contribution < 1.29 is 20.1 Å². The number of carboxylic acids is 1. The molecule has 0 aliphatic heterocycles. The Hall–Kier alpha value is -1.69. The first-order chi connectivity index (χ1) is 9.17. The van der Waals surface area contributed by atoms with E-state index in [0.717, 1.165) is 17.2 Å². The SMILES string of the molecule is O=C(O)/C=C/c1ccccc1CN(CCO)CCO. The molecule has 0 unspecified atom stereocenters. The van der Waals surface area contributed by atoms with Crippen LogP contribution in [0.1, 0.15) is 11.1 Å². The first-order valence-corrected chi connectivity index (χ1v) is 6.10. The lowest BCUT2D eigenvalue weighted by Gasteiger charge is -2.21. The van der Waals surface area contributed by atoms with Gasteiger partial charge in [0.15, 0.2) is 0 Å². The van der Waals surface area contributed by atoms with E-state index in [2.05, 4.69) is 0 Å². The second kappa shape index (κ2) is 8.42. The molecule has 5 heteroatoms. The highest BCUT2D eigenvalue weighted by atomic mass is 16.4. The molecule has 1 aromatic carbocycles. The number of benzene rings is 1. The van der Waals surface area contributed by atoms with Crippen LogP contribution in [0.5, 0.6) is 0 Å². The molecule has 0 saturated carbocycles. The van der Waals surface area contributed by atoms with E-state index in [4.69, 9.17) is 15.3 Å². The molecular weight excluding hydrogens is 246 g/mol. The predicted octanol–water partition coefficient (Wildman–Crippen LogP) is 0.571. The summed E-state index contributed by atoms with van der Waals surface area (Å²) < 4.78 is 0. The van der Waals surface area contributed by atoms with Gasteiger partial charge in [0, 0.05) is 25.7 Å². The molecule has 3 N–H and O–H groups in total. The monoisotopic (exact) mass is 265 g/mol. The van der Waals surface area contributed by atoms with E-state index in [1.54, 1.807) is 6.08 Å². The molecule has 5 nitrogen and oxygen atoms in total. The summed E-state index contributed by atoms with van der Waals surface area (Å²) in [6.45, 7) is 1.54. The van der Waals surface area contributed by atoms with Gasteiger partial charge in [-0.3, -0.25) is 4.90 Å². The third-order valence-corrected chi connectivity index (χ3v) is 2.69. The topological polar surface area (TPSA) is 81.0 Å². The number of hydrogen-bond acceptors (Lipinski definition) is 4. The number of aliphatic hydroxyl groups excluding tert-OH is 2. The van der Waals surface area contributed by atoms with E-state index in [0.29, 0.717) is 19.6 Å². The Morgan fingerprint density at radius 3 is 2.37 bits per heavy atom. The Morgan fingerprint density at radius 1 is 1.16 bits per heavy atom.